The molecule has 2 atom stereocenters. The number of hydrogen-bond acceptors (Lipinski definition) is 5. The molecule has 1 aliphatic rings. The number of benzene rings is 8. The summed E-state index contributed by atoms with van der Waals surface area (Å²) >= 11 is 0. The van der Waals surface area contributed by atoms with Crippen LogP contribution in [0.3, 0.4) is 0 Å². The molecule has 256 valence electrons. The highest BCUT2D eigenvalue weighted by Gasteiger charge is 2.28. The lowest BCUT2D eigenvalue weighted by Crippen LogP contribution is -2.45. The summed E-state index contributed by atoms with van der Waals surface area (Å²) in [6, 6.07) is 61.6. The van der Waals surface area contributed by atoms with E-state index in [-0.39, 0.29) is 12.3 Å². The molecule has 8 aromatic carbocycles. The second kappa shape index (κ2) is 12.3. The van der Waals surface area contributed by atoms with Crippen LogP contribution in [0.5, 0.6) is 0 Å². The maximum Gasteiger partial charge on any atom is 0.143 e. The van der Waals surface area contributed by atoms with Crippen molar-refractivity contribution in [2.45, 2.75) is 12.3 Å². The Hall–Kier alpha value is -6.95. The fraction of sp³-hybridized carbons (Fsp3) is 0.0408. The van der Waals surface area contributed by atoms with Crippen LogP contribution >= 0.6 is 0 Å². The van der Waals surface area contributed by atoms with Crippen LogP contribution in [-0.2, 0) is 0 Å². The summed E-state index contributed by atoms with van der Waals surface area (Å²) in [5.41, 5.74) is 11.2. The Morgan fingerprint density at radius 1 is 0.444 bits per heavy atom. The van der Waals surface area contributed by atoms with Crippen LogP contribution in [0.4, 0.5) is 0 Å². The normalized spacial score (nSPS) is 16.0. The molecule has 0 saturated heterocycles. The zero-order valence-corrected chi connectivity index (χ0v) is 29.2. The maximum absolute atomic E-state index is 6.84. The van der Waals surface area contributed by atoms with E-state index in [1.165, 1.54) is 11.1 Å². The first kappa shape index (κ1) is 30.7. The third-order valence-corrected chi connectivity index (χ3v) is 10.8. The van der Waals surface area contributed by atoms with Gasteiger partial charge in [0.15, 0.2) is 0 Å². The van der Waals surface area contributed by atoms with Gasteiger partial charge in [-0.15, -0.1) is 0 Å². The van der Waals surface area contributed by atoms with E-state index in [2.05, 4.69) is 162 Å². The standard InChI is InChI=1S/C49H33N3O2/c1-3-11-30(12-4-1)31-19-21-32(22-20-31)34-23-26-40-44(28-34)54-46-37-16-8-7-15-35(37)27-41(45(40)46)49-51-47(33-13-5-2-6-14-33)50-48(52-49)36-24-25-39-38-17-9-10-18-42(38)53-43(39)29-36/h1-29,47-48,50H,(H,51,52). The molecule has 2 aromatic heterocycles. The van der Waals surface area contributed by atoms with Crippen molar-refractivity contribution in [3.63, 3.8) is 0 Å². The number of nitrogens with zero attached hydrogens (tertiary/aromatic N) is 1. The van der Waals surface area contributed by atoms with E-state index in [0.29, 0.717) is 0 Å². The minimum atomic E-state index is -0.339. The number of aliphatic imine (C=N–C) groups is 1. The molecule has 5 heteroatoms. The fourth-order valence-electron chi connectivity index (χ4n) is 8.06. The van der Waals surface area contributed by atoms with E-state index in [1.807, 2.05) is 24.3 Å². The summed E-state index contributed by atoms with van der Waals surface area (Å²) in [5.74, 6) is 0.802. The fourth-order valence-corrected chi connectivity index (χ4v) is 8.06. The van der Waals surface area contributed by atoms with Crippen molar-refractivity contribution < 1.29 is 8.83 Å². The average molecular weight is 696 g/mol. The Balaban J connectivity index is 1.07. The summed E-state index contributed by atoms with van der Waals surface area (Å²) in [6.45, 7) is 0. The van der Waals surface area contributed by atoms with Crippen molar-refractivity contribution in [2.75, 3.05) is 0 Å². The second-order valence-electron chi connectivity index (χ2n) is 14.0. The molecule has 0 fully saturated rings. The SMILES string of the molecule is c1ccc(-c2ccc(-c3ccc4c(c3)oc3c5ccccc5cc(C5=NC(c6ccc7c(c6)oc6ccccc67)NC(c6ccccc6)N5)c43)cc2)cc1. The van der Waals surface area contributed by atoms with Crippen molar-refractivity contribution in [1.82, 2.24) is 10.6 Å². The van der Waals surface area contributed by atoms with E-state index in [9.17, 15) is 0 Å². The van der Waals surface area contributed by atoms with Gasteiger partial charge in [0.1, 0.15) is 40.5 Å². The van der Waals surface area contributed by atoms with Gasteiger partial charge in [-0.2, -0.15) is 0 Å². The Morgan fingerprint density at radius 3 is 1.91 bits per heavy atom. The van der Waals surface area contributed by atoms with Gasteiger partial charge in [-0.3, -0.25) is 5.32 Å². The predicted molar refractivity (Wildman–Crippen MR) is 221 cm³/mol. The molecule has 2 N–H and O–H groups in total. The van der Waals surface area contributed by atoms with E-state index < -0.39 is 0 Å². The molecular weight excluding hydrogens is 663 g/mol. The van der Waals surface area contributed by atoms with Gasteiger partial charge in [0, 0.05) is 32.5 Å². The molecule has 0 bridgehead atoms. The summed E-state index contributed by atoms with van der Waals surface area (Å²) in [7, 11) is 0. The molecule has 1 aliphatic heterocycles. The van der Waals surface area contributed by atoms with Crippen molar-refractivity contribution in [3.05, 3.63) is 193 Å². The molecule has 0 aliphatic carbocycles. The lowest BCUT2D eigenvalue weighted by atomic mass is 9.96. The Labute approximate surface area is 311 Å². The van der Waals surface area contributed by atoms with Gasteiger partial charge >= 0.3 is 0 Å². The molecule has 0 amide bonds. The van der Waals surface area contributed by atoms with Gasteiger partial charge in [-0.05, 0) is 69.1 Å². The largest absolute Gasteiger partial charge is 0.456 e. The van der Waals surface area contributed by atoms with Gasteiger partial charge in [0.05, 0.1) is 0 Å². The molecule has 11 rings (SSSR count). The minimum absolute atomic E-state index is 0.194. The average Bonchev–Trinajstić information content (AvgIpc) is 3.82. The first-order chi connectivity index (χ1) is 26.7. The number of furan rings is 2. The summed E-state index contributed by atoms with van der Waals surface area (Å²) in [4.78, 5) is 5.41. The van der Waals surface area contributed by atoms with Crippen LogP contribution in [0, 0.1) is 0 Å². The van der Waals surface area contributed by atoms with Crippen molar-refractivity contribution in [2.24, 2.45) is 4.99 Å². The van der Waals surface area contributed by atoms with Crippen LogP contribution in [0.1, 0.15) is 29.0 Å². The lowest BCUT2D eigenvalue weighted by Gasteiger charge is -2.32. The van der Waals surface area contributed by atoms with Crippen LogP contribution in [-0.4, -0.2) is 5.84 Å². The van der Waals surface area contributed by atoms with Gasteiger partial charge in [-0.25, -0.2) is 4.99 Å². The van der Waals surface area contributed by atoms with Crippen LogP contribution in [0.2, 0.25) is 0 Å². The topological polar surface area (TPSA) is 62.7 Å². The second-order valence-corrected chi connectivity index (χ2v) is 14.0. The number of rotatable bonds is 5. The van der Waals surface area contributed by atoms with Gasteiger partial charge in [0.25, 0.3) is 0 Å². The summed E-state index contributed by atoms with van der Waals surface area (Å²) in [6.07, 6.45) is -0.533. The maximum atomic E-state index is 6.84. The zero-order chi connectivity index (χ0) is 35.6. The quantitative estimate of drug-likeness (QED) is 0.188. The molecule has 0 saturated carbocycles. The highest BCUT2D eigenvalue weighted by atomic mass is 16.3. The van der Waals surface area contributed by atoms with Gasteiger partial charge in [-0.1, -0.05) is 146 Å². The smallest absolute Gasteiger partial charge is 0.143 e. The monoisotopic (exact) mass is 695 g/mol. The highest BCUT2D eigenvalue weighted by molar-refractivity contribution is 6.24. The van der Waals surface area contributed by atoms with Crippen LogP contribution in [0.15, 0.2) is 190 Å². The number of hydrogen-bond donors (Lipinski definition) is 2. The minimum Gasteiger partial charge on any atom is -0.456 e. The van der Waals surface area contributed by atoms with Gasteiger partial charge in [0.2, 0.25) is 0 Å². The van der Waals surface area contributed by atoms with E-state index >= 15 is 0 Å². The third-order valence-electron chi connectivity index (χ3n) is 10.8. The molecule has 0 spiro atoms. The zero-order valence-electron chi connectivity index (χ0n) is 29.2. The Morgan fingerprint density at radius 2 is 1.07 bits per heavy atom. The molecule has 0 radical (unpaired) electrons. The highest BCUT2D eigenvalue weighted by Crippen LogP contribution is 2.40. The number of para-hydroxylation sites is 1. The number of amidine groups is 1. The Bertz CT molecular complexity index is 3050. The van der Waals surface area contributed by atoms with E-state index in [4.69, 9.17) is 13.8 Å². The van der Waals surface area contributed by atoms with E-state index in [0.717, 1.165) is 88.3 Å². The molecule has 3 heterocycles. The lowest BCUT2D eigenvalue weighted by molar-refractivity contribution is 0.409. The molecule has 5 nitrogen and oxygen atoms in total. The van der Waals surface area contributed by atoms with E-state index in [1.54, 1.807) is 0 Å². The van der Waals surface area contributed by atoms with Crippen molar-refractivity contribution in [3.8, 4) is 22.3 Å². The van der Waals surface area contributed by atoms with Crippen molar-refractivity contribution >= 4 is 60.5 Å². The van der Waals surface area contributed by atoms with Crippen molar-refractivity contribution in [1.29, 1.82) is 0 Å². The summed E-state index contributed by atoms with van der Waals surface area (Å²) in [5, 5.41) is 14.0. The van der Waals surface area contributed by atoms with Crippen LogP contribution < -0.4 is 10.6 Å². The molecule has 10 aromatic rings. The third kappa shape index (κ3) is 5.09. The molecule has 54 heavy (non-hydrogen) atoms. The molecule has 2 unspecified atom stereocenters. The first-order valence-corrected chi connectivity index (χ1v) is 18.3. The Kier molecular flexibility index (Phi) is 7.00. The number of fused-ring (bicyclic) bond motifs is 8. The number of nitrogens with one attached hydrogen (secondary N) is 2. The first-order valence-electron chi connectivity index (χ1n) is 18.3. The summed E-state index contributed by atoms with van der Waals surface area (Å²) < 4.78 is 13.2. The van der Waals surface area contributed by atoms with Gasteiger partial charge < -0.3 is 14.2 Å². The predicted octanol–water partition coefficient (Wildman–Crippen LogP) is 12.3. The van der Waals surface area contributed by atoms with Crippen LogP contribution in [0.25, 0.3) is 76.9 Å². The molecular formula is C49H33N3O2.